The van der Waals surface area contributed by atoms with Crippen molar-refractivity contribution in [2.45, 2.75) is 38.7 Å². The minimum Gasteiger partial charge on any atom is -0.493 e. The van der Waals surface area contributed by atoms with E-state index in [-0.39, 0.29) is 6.04 Å². The highest BCUT2D eigenvalue weighted by Crippen LogP contribution is 2.35. The predicted octanol–water partition coefficient (Wildman–Crippen LogP) is 1.30. The molecule has 0 aliphatic carbocycles. The van der Waals surface area contributed by atoms with Crippen molar-refractivity contribution in [3.05, 3.63) is 11.9 Å². The molecule has 1 rings (SSSR count). The summed E-state index contributed by atoms with van der Waals surface area (Å²) in [6.45, 7) is 5.56. The van der Waals surface area contributed by atoms with Crippen LogP contribution in [0.1, 0.15) is 32.5 Å². The number of ether oxygens (including phenoxy) is 3. The molecule has 0 saturated carbocycles. The van der Waals surface area contributed by atoms with Gasteiger partial charge in [0.2, 0.25) is 0 Å². The monoisotopic (exact) mass is 258 g/mol. The molecule has 0 radical (unpaired) electrons. The molecule has 6 heteroatoms. The van der Waals surface area contributed by atoms with Crippen molar-refractivity contribution >= 4 is 0 Å². The minimum absolute atomic E-state index is 0.0877. The fourth-order valence-corrected chi connectivity index (χ4v) is 2.04. The van der Waals surface area contributed by atoms with Crippen LogP contribution in [0.2, 0.25) is 0 Å². The van der Waals surface area contributed by atoms with Crippen LogP contribution in [-0.4, -0.2) is 42.5 Å². The molecule has 0 aliphatic heterocycles. The van der Waals surface area contributed by atoms with E-state index in [2.05, 4.69) is 5.10 Å². The Hall–Kier alpha value is -1.11. The van der Waals surface area contributed by atoms with E-state index < -0.39 is 11.9 Å². The molecule has 0 amide bonds. The van der Waals surface area contributed by atoms with Gasteiger partial charge in [-0.3, -0.25) is 4.68 Å². The van der Waals surface area contributed by atoms with Gasteiger partial charge in [0.05, 0.1) is 13.3 Å². The van der Waals surface area contributed by atoms with Gasteiger partial charge in [-0.1, -0.05) is 0 Å². The molecule has 1 atom stereocenters. The van der Waals surface area contributed by atoms with Gasteiger partial charge in [0, 0.05) is 20.3 Å². The maximum Gasteiger partial charge on any atom is 0.191 e. The highest BCUT2D eigenvalue weighted by atomic mass is 16.7. The Kier molecular flexibility index (Phi) is 4.72. The Labute approximate surface area is 107 Å². The highest BCUT2D eigenvalue weighted by molar-refractivity contribution is 5.31. The summed E-state index contributed by atoms with van der Waals surface area (Å²) >= 11 is 0. The Morgan fingerprint density at radius 2 is 1.83 bits per heavy atom. The molecular formula is C12H22N2O4. The van der Waals surface area contributed by atoms with Crippen molar-refractivity contribution in [3.8, 4) is 5.75 Å². The first kappa shape index (κ1) is 14.9. The van der Waals surface area contributed by atoms with Gasteiger partial charge in [-0.05, 0) is 20.8 Å². The van der Waals surface area contributed by atoms with Crippen molar-refractivity contribution in [2.75, 3.05) is 21.3 Å². The smallest absolute Gasteiger partial charge is 0.191 e. The van der Waals surface area contributed by atoms with E-state index in [0.717, 1.165) is 0 Å². The number of aromatic nitrogens is 2. The average molecular weight is 258 g/mol. The van der Waals surface area contributed by atoms with E-state index in [9.17, 15) is 5.11 Å². The number of nitrogens with zero attached hydrogens (tertiary/aromatic N) is 2. The van der Waals surface area contributed by atoms with E-state index in [4.69, 9.17) is 14.2 Å². The Morgan fingerprint density at radius 1 is 1.28 bits per heavy atom. The molecule has 18 heavy (non-hydrogen) atoms. The van der Waals surface area contributed by atoms with E-state index in [1.54, 1.807) is 17.8 Å². The molecule has 0 bridgehead atoms. The van der Waals surface area contributed by atoms with Crippen LogP contribution >= 0.6 is 0 Å². The molecule has 1 heterocycles. The maximum absolute atomic E-state index is 10.7. The van der Waals surface area contributed by atoms with Gasteiger partial charge in [0.1, 0.15) is 5.69 Å². The summed E-state index contributed by atoms with van der Waals surface area (Å²) in [5, 5.41) is 14.9. The van der Waals surface area contributed by atoms with E-state index in [0.29, 0.717) is 11.4 Å². The summed E-state index contributed by atoms with van der Waals surface area (Å²) in [4.78, 5) is 0. The van der Waals surface area contributed by atoms with Gasteiger partial charge in [-0.15, -0.1) is 0 Å². The zero-order valence-corrected chi connectivity index (χ0v) is 11.8. The van der Waals surface area contributed by atoms with Gasteiger partial charge < -0.3 is 19.3 Å². The lowest BCUT2D eigenvalue weighted by Gasteiger charge is -2.32. The lowest BCUT2D eigenvalue weighted by molar-refractivity contribution is -0.216. The Bertz CT molecular complexity index is 383. The number of rotatable bonds is 6. The van der Waals surface area contributed by atoms with Crippen LogP contribution in [0, 0.1) is 0 Å². The summed E-state index contributed by atoms with van der Waals surface area (Å²) in [6.07, 6.45) is 0.771. The molecule has 1 aromatic heterocycles. The van der Waals surface area contributed by atoms with Crippen LogP contribution in [0.3, 0.4) is 0 Å². The largest absolute Gasteiger partial charge is 0.493 e. The molecule has 1 N–H and O–H groups in total. The second kappa shape index (κ2) is 5.69. The predicted molar refractivity (Wildman–Crippen MR) is 66.5 cm³/mol. The molecule has 0 aliphatic rings. The standard InChI is InChI=1S/C12H22N2O4/c1-8(2)14-10(9(16-4)7-13-14)12(3,15)11(17-5)18-6/h7-8,11,15H,1-6H3. The van der Waals surface area contributed by atoms with Gasteiger partial charge in [-0.25, -0.2) is 0 Å². The summed E-state index contributed by atoms with van der Waals surface area (Å²) in [7, 11) is 4.49. The molecule has 0 aromatic carbocycles. The lowest BCUT2D eigenvalue weighted by Crippen LogP contribution is -2.41. The van der Waals surface area contributed by atoms with Gasteiger partial charge in [0.15, 0.2) is 17.6 Å². The molecule has 1 aromatic rings. The van der Waals surface area contributed by atoms with Crippen LogP contribution < -0.4 is 4.74 Å². The van der Waals surface area contributed by atoms with Crippen LogP contribution in [0.5, 0.6) is 5.75 Å². The first-order valence-corrected chi connectivity index (χ1v) is 5.80. The van der Waals surface area contributed by atoms with Gasteiger partial charge in [-0.2, -0.15) is 5.10 Å². The van der Waals surface area contributed by atoms with Crippen molar-refractivity contribution in [3.63, 3.8) is 0 Å². The Morgan fingerprint density at radius 3 is 2.22 bits per heavy atom. The van der Waals surface area contributed by atoms with Crippen LogP contribution in [0.4, 0.5) is 0 Å². The van der Waals surface area contributed by atoms with Gasteiger partial charge >= 0.3 is 0 Å². The van der Waals surface area contributed by atoms with Crippen molar-refractivity contribution < 1.29 is 19.3 Å². The third-order valence-electron chi connectivity index (χ3n) is 2.84. The lowest BCUT2D eigenvalue weighted by atomic mass is 10.00. The second-order valence-electron chi connectivity index (χ2n) is 4.55. The van der Waals surface area contributed by atoms with Crippen molar-refractivity contribution in [2.24, 2.45) is 0 Å². The normalized spacial score (nSPS) is 15.2. The minimum atomic E-state index is -1.37. The molecule has 1 unspecified atom stereocenters. The fourth-order valence-electron chi connectivity index (χ4n) is 2.04. The average Bonchev–Trinajstić information content (AvgIpc) is 2.74. The molecule has 0 spiro atoms. The van der Waals surface area contributed by atoms with Crippen molar-refractivity contribution in [1.29, 1.82) is 0 Å². The first-order chi connectivity index (χ1) is 8.39. The second-order valence-corrected chi connectivity index (χ2v) is 4.55. The number of hydrogen-bond donors (Lipinski definition) is 1. The number of methoxy groups -OCH3 is 3. The zero-order valence-electron chi connectivity index (χ0n) is 11.8. The van der Waals surface area contributed by atoms with Crippen LogP contribution in [-0.2, 0) is 15.1 Å². The SMILES string of the molecule is COc1cnn(C(C)C)c1C(C)(O)C(OC)OC. The molecule has 6 nitrogen and oxygen atoms in total. The van der Waals surface area contributed by atoms with Crippen LogP contribution in [0.15, 0.2) is 6.20 Å². The summed E-state index contributed by atoms with van der Waals surface area (Å²) in [5.41, 5.74) is -0.830. The number of aliphatic hydroxyl groups is 1. The topological polar surface area (TPSA) is 65.7 Å². The Balaban J connectivity index is 3.32. The van der Waals surface area contributed by atoms with Crippen LogP contribution in [0.25, 0.3) is 0 Å². The highest BCUT2D eigenvalue weighted by Gasteiger charge is 2.40. The quantitative estimate of drug-likeness (QED) is 0.779. The van der Waals surface area contributed by atoms with E-state index >= 15 is 0 Å². The third kappa shape index (κ3) is 2.50. The first-order valence-electron chi connectivity index (χ1n) is 5.80. The van der Waals surface area contributed by atoms with Crippen molar-refractivity contribution in [1.82, 2.24) is 9.78 Å². The molecule has 0 saturated heterocycles. The summed E-state index contributed by atoms with van der Waals surface area (Å²) < 4.78 is 17.3. The zero-order chi connectivity index (χ0) is 13.9. The summed E-state index contributed by atoms with van der Waals surface area (Å²) in [6, 6.07) is 0.0877. The fraction of sp³-hybridized carbons (Fsp3) is 0.750. The molecule has 0 fully saturated rings. The summed E-state index contributed by atoms with van der Waals surface area (Å²) in [5.74, 6) is 0.507. The van der Waals surface area contributed by atoms with E-state index in [1.807, 2.05) is 13.8 Å². The molecular weight excluding hydrogens is 236 g/mol. The number of hydrogen-bond acceptors (Lipinski definition) is 5. The maximum atomic E-state index is 10.7. The van der Waals surface area contributed by atoms with E-state index in [1.165, 1.54) is 21.3 Å². The molecule has 104 valence electrons. The van der Waals surface area contributed by atoms with Gasteiger partial charge in [0.25, 0.3) is 0 Å². The third-order valence-corrected chi connectivity index (χ3v) is 2.84.